The van der Waals surface area contributed by atoms with Gasteiger partial charge in [0, 0.05) is 5.92 Å². The van der Waals surface area contributed by atoms with Crippen molar-refractivity contribution in [2.45, 2.75) is 122 Å². The molecular weight excluding hydrogens is 292 g/mol. The summed E-state index contributed by atoms with van der Waals surface area (Å²) in [6.07, 6.45) is 27.8. The summed E-state index contributed by atoms with van der Waals surface area (Å²) in [7, 11) is 0. The van der Waals surface area contributed by atoms with Gasteiger partial charge < -0.3 is 4.79 Å². The average Bonchev–Trinajstić information content (AvgIpc) is 2.60. The van der Waals surface area contributed by atoms with Crippen molar-refractivity contribution in [3.63, 3.8) is 0 Å². The second kappa shape index (κ2) is 20.5. The van der Waals surface area contributed by atoms with Crippen LogP contribution >= 0.6 is 0 Å². The van der Waals surface area contributed by atoms with Crippen molar-refractivity contribution in [1.82, 2.24) is 0 Å². The van der Waals surface area contributed by atoms with Crippen LogP contribution in [0.4, 0.5) is 0 Å². The third-order valence-electron chi connectivity index (χ3n) is 5.05. The highest BCUT2D eigenvalue weighted by molar-refractivity contribution is 5.52. The molecule has 1 atom stereocenters. The van der Waals surface area contributed by atoms with Crippen LogP contribution in [-0.2, 0) is 4.79 Å². The fraction of sp³-hybridized carbons (Fsp3) is 0.870. The second-order valence-corrected chi connectivity index (χ2v) is 7.64. The van der Waals surface area contributed by atoms with Gasteiger partial charge in [-0.15, -0.1) is 6.58 Å². The summed E-state index contributed by atoms with van der Waals surface area (Å²) in [6.45, 7) is 5.79. The molecule has 142 valence electrons. The maximum atomic E-state index is 10.5. The van der Waals surface area contributed by atoms with Gasteiger partial charge in [0.15, 0.2) is 0 Å². The first-order valence-electron chi connectivity index (χ1n) is 10.9. The quantitative estimate of drug-likeness (QED) is 0.125. The summed E-state index contributed by atoms with van der Waals surface area (Å²) < 4.78 is 0. The van der Waals surface area contributed by atoms with Crippen LogP contribution in [0.3, 0.4) is 0 Å². The predicted octanol–water partition coefficient (Wildman–Crippen LogP) is 8.03. The molecule has 0 heterocycles. The molecule has 0 aromatic carbocycles. The summed E-state index contributed by atoms with van der Waals surface area (Å²) in [5.74, 6) is 0.266. The monoisotopic (exact) mass is 336 g/mol. The van der Waals surface area contributed by atoms with Crippen LogP contribution in [0, 0.1) is 5.92 Å². The average molecular weight is 337 g/mol. The van der Waals surface area contributed by atoms with E-state index in [-0.39, 0.29) is 5.92 Å². The number of allylic oxidation sites excluding steroid dienone is 1. The Morgan fingerprint density at radius 2 is 0.958 bits per heavy atom. The third-order valence-corrected chi connectivity index (χ3v) is 5.05. The lowest BCUT2D eigenvalue weighted by atomic mass is 10.0. The zero-order valence-electron chi connectivity index (χ0n) is 16.6. The molecule has 0 spiro atoms. The lowest BCUT2D eigenvalue weighted by molar-refractivity contribution is -0.110. The second-order valence-electron chi connectivity index (χ2n) is 7.64. The van der Waals surface area contributed by atoms with Gasteiger partial charge in [0.2, 0.25) is 0 Å². The highest BCUT2D eigenvalue weighted by atomic mass is 16.1. The zero-order chi connectivity index (χ0) is 17.7. The van der Waals surface area contributed by atoms with E-state index in [1.807, 2.05) is 13.0 Å². The van der Waals surface area contributed by atoms with E-state index in [0.29, 0.717) is 0 Å². The van der Waals surface area contributed by atoms with E-state index >= 15 is 0 Å². The molecule has 0 saturated heterocycles. The molecule has 24 heavy (non-hydrogen) atoms. The van der Waals surface area contributed by atoms with Crippen LogP contribution in [0.25, 0.3) is 0 Å². The number of carbonyl (C=O) groups excluding carboxylic acids is 1. The Kier molecular flexibility index (Phi) is 20.0. The molecule has 0 aromatic heterocycles. The van der Waals surface area contributed by atoms with Crippen molar-refractivity contribution in [3.05, 3.63) is 12.7 Å². The van der Waals surface area contributed by atoms with Gasteiger partial charge in [-0.3, -0.25) is 0 Å². The smallest absolute Gasteiger partial charge is 0.122 e. The first-order chi connectivity index (χ1) is 11.8. The Balaban J connectivity index is 3.00. The van der Waals surface area contributed by atoms with Crippen molar-refractivity contribution in [3.8, 4) is 0 Å². The largest absolute Gasteiger partial charge is 0.303 e. The molecule has 0 amide bonds. The van der Waals surface area contributed by atoms with E-state index < -0.39 is 0 Å². The molecule has 0 aromatic rings. The van der Waals surface area contributed by atoms with Gasteiger partial charge in [-0.2, -0.15) is 0 Å². The Morgan fingerprint density at radius 3 is 1.29 bits per heavy atom. The van der Waals surface area contributed by atoms with Gasteiger partial charge in [-0.1, -0.05) is 109 Å². The van der Waals surface area contributed by atoms with Crippen LogP contribution in [0.2, 0.25) is 0 Å². The predicted molar refractivity (Wildman–Crippen MR) is 109 cm³/mol. The maximum absolute atomic E-state index is 10.5. The van der Waals surface area contributed by atoms with Crippen LogP contribution in [-0.4, -0.2) is 6.29 Å². The van der Waals surface area contributed by atoms with Crippen molar-refractivity contribution < 1.29 is 4.79 Å². The Morgan fingerprint density at radius 1 is 0.625 bits per heavy atom. The van der Waals surface area contributed by atoms with Crippen molar-refractivity contribution in [2.75, 3.05) is 0 Å². The van der Waals surface area contributed by atoms with Crippen LogP contribution < -0.4 is 0 Å². The minimum Gasteiger partial charge on any atom is -0.303 e. The summed E-state index contributed by atoms with van der Waals surface area (Å²) in [5.41, 5.74) is 0. The van der Waals surface area contributed by atoms with Crippen LogP contribution in [0.1, 0.15) is 122 Å². The molecular formula is C23H44O. The van der Waals surface area contributed by atoms with Gasteiger partial charge in [-0.05, 0) is 19.3 Å². The van der Waals surface area contributed by atoms with E-state index in [1.54, 1.807) is 0 Å². The van der Waals surface area contributed by atoms with E-state index in [0.717, 1.165) is 12.7 Å². The van der Waals surface area contributed by atoms with Gasteiger partial charge in [0.1, 0.15) is 6.29 Å². The van der Waals surface area contributed by atoms with Gasteiger partial charge in [-0.25, -0.2) is 0 Å². The molecule has 0 radical (unpaired) electrons. The Labute approximate surface area is 152 Å². The molecule has 0 aliphatic rings. The SMILES string of the molecule is C=CCCCCCCCCCCCCCCCCCCC(C)C=O. The third kappa shape index (κ3) is 19.5. The minimum atomic E-state index is 0.266. The van der Waals surface area contributed by atoms with E-state index in [9.17, 15) is 4.79 Å². The van der Waals surface area contributed by atoms with E-state index in [2.05, 4.69) is 6.58 Å². The topological polar surface area (TPSA) is 17.1 Å². The molecule has 1 heteroatoms. The number of rotatable bonds is 20. The normalized spacial score (nSPS) is 12.2. The first-order valence-corrected chi connectivity index (χ1v) is 10.9. The number of carbonyl (C=O) groups is 1. The summed E-state index contributed by atoms with van der Waals surface area (Å²) in [4.78, 5) is 10.5. The van der Waals surface area contributed by atoms with Gasteiger partial charge in [0.25, 0.3) is 0 Å². The summed E-state index contributed by atoms with van der Waals surface area (Å²) in [6, 6.07) is 0. The lowest BCUT2D eigenvalue weighted by Gasteiger charge is -2.04. The summed E-state index contributed by atoms with van der Waals surface area (Å²) in [5, 5.41) is 0. The molecule has 0 aliphatic carbocycles. The van der Waals surface area contributed by atoms with Crippen LogP contribution in [0.15, 0.2) is 12.7 Å². The zero-order valence-corrected chi connectivity index (χ0v) is 16.6. The van der Waals surface area contributed by atoms with Crippen molar-refractivity contribution >= 4 is 6.29 Å². The van der Waals surface area contributed by atoms with Gasteiger partial charge in [0.05, 0.1) is 0 Å². The Bertz CT molecular complexity index is 259. The molecule has 0 saturated carbocycles. The molecule has 0 fully saturated rings. The van der Waals surface area contributed by atoms with E-state index in [4.69, 9.17) is 0 Å². The molecule has 1 unspecified atom stereocenters. The molecule has 1 nitrogen and oxygen atoms in total. The van der Waals surface area contributed by atoms with Crippen molar-refractivity contribution in [1.29, 1.82) is 0 Å². The minimum absolute atomic E-state index is 0.266. The highest BCUT2D eigenvalue weighted by Crippen LogP contribution is 2.15. The molecule has 0 N–H and O–H groups in total. The van der Waals surface area contributed by atoms with Gasteiger partial charge >= 0.3 is 0 Å². The standard InChI is InChI=1S/C23H44O/c1-3-4-5-6-7-8-9-10-11-12-13-14-15-16-17-18-19-20-21-23(2)22-24/h3,22-23H,1,4-21H2,2H3. The number of unbranched alkanes of at least 4 members (excludes halogenated alkanes) is 16. The molecule has 0 aliphatic heterocycles. The Hall–Kier alpha value is -0.590. The molecule has 0 bridgehead atoms. The number of hydrogen-bond acceptors (Lipinski definition) is 1. The fourth-order valence-corrected chi connectivity index (χ4v) is 3.30. The number of hydrogen-bond donors (Lipinski definition) is 0. The number of aldehydes is 1. The highest BCUT2D eigenvalue weighted by Gasteiger charge is 1.99. The lowest BCUT2D eigenvalue weighted by Crippen LogP contribution is -1.94. The summed E-state index contributed by atoms with van der Waals surface area (Å²) >= 11 is 0. The first kappa shape index (κ1) is 23.4. The maximum Gasteiger partial charge on any atom is 0.122 e. The fourth-order valence-electron chi connectivity index (χ4n) is 3.30. The van der Waals surface area contributed by atoms with Crippen LogP contribution in [0.5, 0.6) is 0 Å². The molecule has 0 rings (SSSR count). The van der Waals surface area contributed by atoms with E-state index in [1.165, 1.54) is 109 Å². The van der Waals surface area contributed by atoms with Crippen molar-refractivity contribution in [2.24, 2.45) is 5.92 Å².